The molecule has 1 fully saturated rings. The van der Waals surface area contributed by atoms with E-state index in [4.69, 9.17) is 12.2 Å². The lowest BCUT2D eigenvalue weighted by molar-refractivity contribution is -0.137. The molecule has 2 aromatic rings. The Morgan fingerprint density at radius 3 is 2.39 bits per heavy atom. The van der Waals surface area contributed by atoms with Gasteiger partial charge in [0.05, 0.1) is 0 Å². The maximum absolute atomic E-state index is 13.4. The Hall–Kier alpha value is -2.48. The van der Waals surface area contributed by atoms with Gasteiger partial charge in [0, 0.05) is 31.5 Å². The summed E-state index contributed by atoms with van der Waals surface area (Å²) in [6, 6.07) is 9.06. The van der Waals surface area contributed by atoms with E-state index in [1.807, 2.05) is 49.1 Å². The summed E-state index contributed by atoms with van der Waals surface area (Å²) in [5, 5.41) is 10.3. The van der Waals surface area contributed by atoms with Crippen molar-refractivity contribution in [2.45, 2.75) is 65.0 Å². The second-order valence-electron chi connectivity index (χ2n) is 8.96. The number of rotatable bonds is 7. The van der Waals surface area contributed by atoms with Gasteiger partial charge in [-0.25, -0.2) is 0 Å². The van der Waals surface area contributed by atoms with Gasteiger partial charge < -0.3 is 14.8 Å². The number of amides is 2. The molecule has 1 aliphatic rings. The van der Waals surface area contributed by atoms with E-state index in [1.54, 1.807) is 0 Å². The summed E-state index contributed by atoms with van der Waals surface area (Å²) >= 11 is 5.38. The minimum absolute atomic E-state index is 0.0514. The van der Waals surface area contributed by atoms with Crippen molar-refractivity contribution in [3.8, 4) is 0 Å². The zero-order valence-electron chi connectivity index (χ0n) is 18.8. The van der Waals surface area contributed by atoms with E-state index in [2.05, 4.69) is 33.9 Å². The van der Waals surface area contributed by atoms with E-state index < -0.39 is 6.04 Å². The van der Waals surface area contributed by atoms with Crippen molar-refractivity contribution in [3.05, 3.63) is 46.5 Å². The Kier molecular flexibility index (Phi) is 7.64. The molecule has 7 nitrogen and oxygen atoms in total. The third kappa shape index (κ3) is 5.61. The molecule has 168 valence electrons. The van der Waals surface area contributed by atoms with Crippen molar-refractivity contribution in [3.63, 3.8) is 0 Å². The molecular formula is C23H33N5O2S. The number of carbonyl (C=O) groups is 2. The number of benzene rings is 1. The third-order valence-electron chi connectivity index (χ3n) is 5.70. The number of H-pyrrole nitrogens is 1. The molecule has 1 aromatic carbocycles. The Morgan fingerprint density at radius 1 is 1.16 bits per heavy atom. The predicted molar refractivity (Wildman–Crippen MR) is 123 cm³/mol. The highest BCUT2D eigenvalue weighted by atomic mass is 32.1. The molecule has 2 amide bonds. The van der Waals surface area contributed by atoms with Gasteiger partial charge in [-0.15, -0.1) is 0 Å². The number of aromatic nitrogens is 3. The third-order valence-corrected chi connectivity index (χ3v) is 5.99. The van der Waals surface area contributed by atoms with Crippen LogP contribution in [0, 0.1) is 10.7 Å². The van der Waals surface area contributed by atoms with Crippen LogP contribution in [-0.2, 0) is 9.59 Å². The van der Waals surface area contributed by atoms with Gasteiger partial charge in [0.2, 0.25) is 11.8 Å². The molecule has 0 bridgehead atoms. The van der Waals surface area contributed by atoms with Gasteiger partial charge in [-0.05, 0) is 50.4 Å². The normalized spacial score (nSPS) is 16.0. The summed E-state index contributed by atoms with van der Waals surface area (Å²) in [5.74, 6) is 1.31. The minimum Gasteiger partial charge on any atom is -0.341 e. The van der Waals surface area contributed by atoms with Crippen LogP contribution in [0.25, 0.3) is 0 Å². The van der Waals surface area contributed by atoms with Crippen LogP contribution in [0.3, 0.4) is 0 Å². The van der Waals surface area contributed by atoms with Crippen molar-refractivity contribution in [1.29, 1.82) is 0 Å². The molecule has 31 heavy (non-hydrogen) atoms. The number of likely N-dealkylation sites (tertiary alicyclic amines) is 1. The number of nitrogens with zero attached hydrogens (tertiary/aromatic N) is 3. The molecule has 1 unspecified atom stereocenters. The molecule has 0 aliphatic carbocycles. The first-order valence-corrected chi connectivity index (χ1v) is 11.5. The van der Waals surface area contributed by atoms with E-state index in [-0.39, 0.29) is 29.7 Å². The molecule has 1 aromatic heterocycles. The highest BCUT2D eigenvalue weighted by molar-refractivity contribution is 7.71. The van der Waals surface area contributed by atoms with Crippen LogP contribution in [0.5, 0.6) is 0 Å². The van der Waals surface area contributed by atoms with Crippen LogP contribution in [0.4, 0.5) is 0 Å². The van der Waals surface area contributed by atoms with Crippen molar-refractivity contribution in [2.75, 3.05) is 13.1 Å². The van der Waals surface area contributed by atoms with Gasteiger partial charge in [-0.2, -0.15) is 5.10 Å². The molecule has 1 atom stereocenters. The van der Waals surface area contributed by atoms with Crippen LogP contribution < -0.4 is 5.32 Å². The van der Waals surface area contributed by atoms with Crippen molar-refractivity contribution < 1.29 is 9.59 Å². The highest BCUT2D eigenvalue weighted by Crippen LogP contribution is 2.30. The van der Waals surface area contributed by atoms with Crippen LogP contribution >= 0.6 is 12.2 Å². The van der Waals surface area contributed by atoms with Crippen LogP contribution in [0.15, 0.2) is 30.3 Å². The Labute approximate surface area is 189 Å². The summed E-state index contributed by atoms with van der Waals surface area (Å²) in [6.07, 6.45) is 2.04. The second kappa shape index (κ2) is 10.2. The zero-order chi connectivity index (χ0) is 22.5. The Morgan fingerprint density at radius 2 is 1.81 bits per heavy atom. The van der Waals surface area contributed by atoms with Gasteiger partial charge in [-0.3, -0.25) is 14.7 Å². The molecule has 0 spiro atoms. The fraction of sp³-hybridized carbons (Fsp3) is 0.565. The molecule has 2 N–H and O–H groups in total. The molecule has 2 heterocycles. The fourth-order valence-electron chi connectivity index (χ4n) is 4.17. The summed E-state index contributed by atoms with van der Waals surface area (Å²) in [4.78, 5) is 27.7. The quantitative estimate of drug-likeness (QED) is 0.630. The van der Waals surface area contributed by atoms with Gasteiger partial charge in [0.25, 0.3) is 0 Å². The number of nitrogens with one attached hydrogen (secondary N) is 2. The first-order valence-electron chi connectivity index (χ1n) is 11.1. The monoisotopic (exact) mass is 443 g/mol. The van der Waals surface area contributed by atoms with Crippen molar-refractivity contribution in [2.24, 2.45) is 5.92 Å². The molecule has 3 rings (SSSR count). The number of piperidine rings is 1. The number of hydrogen-bond acceptors (Lipinski definition) is 4. The largest absolute Gasteiger partial charge is 0.341 e. The molecule has 1 aliphatic heterocycles. The summed E-state index contributed by atoms with van der Waals surface area (Å²) in [5.41, 5.74) is 0.812. The van der Waals surface area contributed by atoms with Crippen LogP contribution in [0.1, 0.15) is 76.3 Å². The van der Waals surface area contributed by atoms with Gasteiger partial charge in [-0.1, -0.05) is 44.2 Å². The zero-order valence-corrected chi connectivity index (χ0v) is 19.6. The van der Waals surface area contributed by atoms with Gasteiger partial charge in [0.1, 0.15) is 11.9 Å². The summed E-state index contributed by atoms with van der Waals surface area (Å²) in [7, 11) is 0. The highest BCUT2D eigenvalue weighted by Gasteiger charge is 2.32. The first kappa shape index (κ1) is 23.2. The van der Waals surface area contributed by atoms with Crippen LogP contribution in [-0.4, -0.2) is 44.6 Å². The van der Waals surface area contributed by atoms with Gasteiger partial charge in [0.15, 0.2) is 4.77 Å². The molecule has 8 heteroatoms. The topological polar surface area (TPSA) is 83.0 Å². The number of aromatic amines is 1. The lowest BCUT2D eigenvalue weighted by Crippen LogP contribution is -2.46. The van der Waals surface area contributed by atoms with E-state index in [1.165, 1.54) is 0 Å². The lowest BCUT2D eigenvalue weighted by Gasteiger charge is -2.34. The first-order chi connectivity index (χ1) is 14.8. The smallest absolute Gasteiger partial charge is 0.249 e. The van der Waals surface area contributed by atoms with Crippen LogP contribution in [0.2, 0.25) is 0 Å². The number of hydrogen-bond donors (Lipinski definition) is 2. The molecular weight excluding hydrogens is 410 g/mol. The molecule has 0 saturated carbocycles. The van der Waals surface area contributed by atoms with E-state index in [9.17, 15) is 9.59 Å². The summed E-state index contributed by atoms with van der Waals surface area (Å²) in [6.45, 7) is 9.44. The SMILES string of the molecule is CC(C)CC(=O)NC(C(=O)N1CCC(c2n[nH]c(=S)n2C(C)C)CC1)c1ccccc1. The Bertz CT molecular complexity index is 942. The van der Waals surface area contributed by atoms with Gasteiger partial charge >= 0.3 is 0 Å². The lowest BCUT2D eigenvalue weighted by atomic mass is 9.94. The number of carbonyl (C=O) groups excluding carboxylic acids is 2. The van der Waals surface area contributed by atoms with Crippen molar-refractivity contribution >= 4 is 24.0 Å². The van der Waals surface area contributed by atoms with E-state index in [0.717, 1.165) is 24.2 Å². The van der Waals surface area contributed by atoms with E-state index in [0.29, 0.717) is 24.3 Å². The Balaban J connectivity index is 1.72. The average molecular weight is 444 g/mol. The minimum atomic E-state index is -0.658. The maximum atomic E-state index is 13.4. The average Bonchev–Trinajstić information content (AvgIpc) is 3.13. The maximum Gasteiger partial charge on any atom is 0.249 e. The standard InChI is InChI=1S/C23H33N5O2S/c1-15(2)14-19(29)24-20(17-8-6-5-7-9-17)22(30)27-12-10-18(11-13-27)21-25-26-23(31)28(21)16(3)4/h5-9,15-16,18,20H,10-14H2,1-4H3,(H,24,29)(H,26,31). The summed E-state index contributed by atoms with van der Waals surface area (Å²) < 4.78 is 2.71. The fourth-order valence-corrected chi connectivity index (χ4v) is 4.52. The second-order valence-corrected chi connectivity index (χ2v) is 9.35. The molecule has 0 radical (unpaired) electrons. The molecule has 1 saturated heterocycles. The van der Waals surface area contributed by atoms with E-state index >= 15 is 0 Å². The predicted octanol–water partition coefficient (Wildman–Crippen LogP) is 4.13. The van der Waals surface area contributed by atoms with Crippen molar-refractivity contribution in [1.82, 2.24) is 25.0 Å².